The topological polar surface area (TPSA) is 51.2 Å². The van der Waals surface area contributed by atoms with Gasteiger partial charge in [-0.1, -0.05) is 26.8 Å². The number of rotatable bonds is 0. The van der Waals surface area contributed by atoms with Crippen molar-refractivity contribution in [2.75, 3.05) is 0 Å². The van der Waals surface area contributed by atoms with Gasteiger partial charge in [-0.05, 0) is 11.0 Å². The quantitative estimate of drug-likeness (QED) is 0.570. The van der Waals surface area contributed by atoms with E-state index in [1.54, 1.807) is 6.07 Å². The minimum absolute atomic E-state index is 0.0140. The van der Waals surface area contributed by atoms with E-state index in [1.165, 1.54) is 12.1 Å². The van der Waals surface area contributed by atoms with Crippen LogP contribution in [0.3, 0.4) is 0 Å². The maximum atomic E-state index is 11.4. The van der Waals surface area contributed by atoms with Crippen molar-refractivity contribution < 1.29 is 5.11 Å². The summed E-state index contributed by atoms with van der Waals surface area (Å²) in [5, 5.41) is 20.0. The maximum Gasteiger partial charge on any atom is 0.385 e. The van der Waals surface area contributed by atoms with Gasteiger partial charge in [0.25, 0.3) is 0 Å². The zero-order valence-corrected chi connectivity index (χ0v) is 8.03. The lowest BCUT2D eigenvalue weighted by Gasteiger charge is -2.24. The van der Waals surface area contributed by atoms with Crippen LogP contribution in [0.1, 0.15) is 26.3 Å². The van der Waals surface area contributed by atoms with Crippen molar-refractivity contribution in [3.05, 3.63) is 28.7 Å². The number of diazo groups is 1. The van der Waals surface area contributed by atoms with Crippen molar-refractivity contribution >= 4 is 5.69 Å². The Balaban J connectivity index is 3.29. The summed E-state index contributed by atoms with van der Waals surface area (Å²) in [5.41, 5.74) is 0.880. The fourth-order valence-electron chi connectivity index (χ4n) is 1.17. The molecule has 0 aliphatic heterocycles. The van der Waals surface area contributed by atoms with Crippen molar-refractivity contribution in [1.82, 2.24) is 0 Å². The van der Waals surface area contributed by atoms with Gasteiger partial charge in [-0.2, -0.15) is 0 Å². The first-order chi connectivity index (χ1) is 5.95. The number of hydrogen-bond donors (Lipinski definition) is 0. The third-order valence-corrected chi connectivity index (χ3v) is 1.89. The lowest BCUT2D eigenvalue weighted by molar-refractivity contribution is -0.270. The molecule has 0 saturated carbocycles. The monoisotopic (exact) mass is 176 g/mol. The van der Waals surface area contributed by atoms with Crippen LogP contribution in [0.5, 0.6) is 5.75 Å². The highest BCUT2D eigenvalue weighted by molar-refractivity contribution is 5.52. The fraction of sp³-hybridized carbons (Fsp3) is 0.400. The zero-order valence-electron chi connectivity index (χ0n) is 8.03. The largest absolute Gasteiger partial charge is 0.872 e. The molecule has 3 nitrogen and oxygen atoms in total. The van der Waals surface area contributed by atoms with Gasteiger partial charge in [-0.3, -0.25) is 0 Å². The van der Waals surface area contributed by atoms with Crippen LogP contribution in [0.4, 0.5) is 5.69 Å². The predicted octanol–water partition coefficient (Wildman–Crippen LogP) is 2.54. The molecule has 0 aliphatic carbocycles. The molecule has 0 unspecified atom stereocenters. The van der Waals surface area contributed by atoms with Crippen LogP contribution in [0.15, 0.2) is 18.2 Å². The van der Waals surface area contributed by atoms with E-state index in [0.29, 0.717) is 11.3 Å². The van der Waals surface area contributed by atoms with Crippen LogP contribution in [0.2, 0.25) is 0 Å². The fourth-order valence-corrected chi connectivity index (χ4v) is 1.17. The van der Waals surface area contributed by atoms with Crippen LogP contribution in [-0.2, 0) is 5.41 Å². The molecule has 0 amide bonds. The molecule has 0 bridgehead atoms. The number of benzene rings is 1. The molecule has 0 N–H and O–H groups in total. The van der Waals surface area contributed by atoms with Gasteiger partial charge in [0, 0.05) is 12.1 Å². The van der Waals surface area contributed by atoms with Gasteiger partial charge in [0.1, 0.15) is 0 Å². The van der Waals surface area contributed by atoms with E-state index in [2.05, 4.69) is 4.98 Å². The predicted molar refractivity (Wildman–Crippen MR) is 49.3 cm³/mol. The second-order valence-electron chi connectivity index (χ2n) is 4.03. The third kappa shape index (κ3) is 1.97. The molecule has 0 atom stereocenters. The van der Waals surface area contributed by atoms with E-state index < -0.39 is 0 Å². The molecule has 0 fully saturated rings. The summed E-state index contributed by atoms with van der Waals surface area (Å²) >= 11 is 0. The van der Waals surface area contributed by atoms with Crippen LogP contribution in [0.25, 0.3) is 4.98 Å². The van der Waals surface area contributed by atoms with Crippen molar-refractivity contribution in [3.63, 3.8) is 0 Å². The third-order valence-electron chi connectivity index (χ3n) is 1.89. The average Bonchev–Trinajstić information content (AvgIpc) is 2.03. The maximum absolute atomic E-state index is 11.4. The van der Waals surface area contributed by atoms with Gasteiger partial charge in [-0.25, -0.2) is 0 Å². The van der Waals surface area contributed by atoms with Gasteiger partial charge in [0.05, 0.1) is 0 Å². The number of hydrogen-bond acceptors (Lipinski definition) is 2. The van der Waals surface area contributed by atoms with E-state index in [0.717, 1.165) is 0 Å². The Morgan fingerprint density at radius 2 is 1.92 bits per heavy atom. The van der Waals surface area contributed by atoms with Gasteiger partial charge in [-0.15, -0.1) is 5.75 Å². The van der Waals surface area contributed by atoms with Crippen molar-refractivity contribution in [2.45, 2.75) is 26.2 Å². The Hall–Kier alpha value is -1.56. The van der Waals surface area contributed by atoms with E-state index in [-0.39, 0.29) is 11.2 Å². The lowest BCUT2D eigenvalue weighted by atomic mass is 9.86. The molecule has 68 valence electrons. The summed E-state index contributed by atoms with van der Waals surface area (Å²) in [5.74, 6) is -0.0140. The van der Waals surface area contributed by atoms with Gasteiger partial charge in [0.2, 0.25) is 5.39 Å². The van der Waals surface area contributed by atoms with Crippen LogP contribution in [-0.4, -0.2) is 0 Å². The Kier molecular flexibility index (Phi) is 2.24. The highest BCUT2D eigenvalue weighted by Gasteiger charge is 2.17. The second-order valence-corrected chi connectivity index (χ2v) is 4.03. The first-order valence-electron chi connectivity index (χ1n) is 4.12. The Morgan fingerprint density at radius 3 is 2.38 bits per heavy atom. The highest BCUT2D eigenvalue weighted by atomic mass is 16.3. The first-order valence-corrected chi connectivity index (χ1v) is 4.12. The van der Waals surface area contributed by atoms with Crippen molar-refractivity contribution in [2.24, 2.45) is 0 Å². The summed E-state index contributed by atoms with van der Waals surface area (Å²) in [6, 6.07) is 4.54. The molecule has 0 heterocycles. The molecule has 0 aliphatic rings. The molecule has 0 spiro atoms. The lowest BCUT2D eigenvalue weighted by Crippen LogP contribution is -2.14. The summed E-state index contributed by atoms with van der Waals surface area (Å²) in [7, 11) is 0. The normalized spacial score (nSPS) is 10.9. The minimum Gasteiger partial charge on any atom is -0.872 e. The Morgan fingerprint density at radius 1 is 1.31 bits per heavy atom. The molecular formula is C10H12N2O. The van der Waals surface area contributed by atoms with Gasteiger partial charge >= 0.3 is 5.69 Å². The molecule has 0 aromatic heterocycles. The van der Waals surface area contributed by atoms with E-state index >= 15 is 0 Å². The molecule has 0 saturated heterocycles. The molecule has 3 heteroatoms. The molecular weight excluding hydrogens is 164 g/mol. The first kappa shape index (κ1) is 9.53. The molecule has 1 aromatic carbocycles. The SMILES string of the molecule is CC(C)(C)c1cc([N+]#N)ccc1[O-]. The van der Waals surface area contributed by atoms with Crippen LogP contribution < -0.4 is 5.11 Å². The minimum atomic E-state index is -0.211. The van der Waals surface area contributed by atoms with E-state index in [9.17, 15) is 5.11 Å². The molecule has 13 heavy (non-hydrogen) atoms. The summed E-state index contributed by atoms with van der Waals surface area (Å²) in [6.07, 6.45) is 0. The second kappa shape index (κ2) is 3.06. The Labute approximate surface area is 77.6 Å². The van der Waals surface area contributed by atoms with Crippen LogP contribution >= 0.6 is 0 Å². The zero-order chi connectivity index (χ0) is 10.1. The van der Waals surface area contributed by atoms with Gasteiger partial charge < -0.3 is 5.11 Å². The summed E-state index contributed by atoms with van der Waals surface area (Å²) < 4.78 is 0. The highest BCUT2D eigenvalue weighted by Crippen LogP contribution is 2.31. The van der Waals surface area contributed by atoms with Crippen molar-refractivity contribution in [3.8, 4) is 5.75 Å². The summed E-state index contributed by atoms with van der Waals surface area (Å²) in [6.45, 7) is 5.85. The van der Waals surface area contributed by atoms with E-state index in [4.69, 9.17) is 5.39 Å². The summed E-state index contributed by atoms with van der Waals surface area (Å²) in [4.78, 5) is 3.05. The Bertz CT molecular complexity index is 358. The molecule has 0 radical (unpaired) electrons. The van der Waals surface area contributed by atoms with Crippen LogP contribution in [0, 0.1) is 5.39 Å². The van der Waals surface area contributed by atoms with Gasteiger partial charge in [0.15, 0.2) is 4.98 Å². The molecule has 1 aromatic rings. The smallest absolute Gasteiger partial charge is 0.385 e. The molecule has 1 rings (SSSR count). The standard InChI is InChI=1S/C10H12N2O/c1-10(2,3)8-6-7(12-11)4-5-9(8)13/h4-6H,1-3H3. The van der Waals surface area contributed by atoms with Crippen molar-refractivity contribution in [1.29, 1.82) is 5.39 Å². The van der Waals surface area contributed by atoms with E-state index in [1.807, 2.05) is 20.8 Å². The average molecular weight is 176 g/mol. The number of nitrogens with zero attached hydrogens (tertiary/aromatic N) is 2.